The van der Waals surface area contributed by atoms with Crippen molar-refractivity contribution in [3.63, 3.8) is 0 Å². The summed E-state index contributed by atoms with van der Waals surface area (Å²) < 4.78 is 16.9. The Morgan fingerprint density at radius 2 is 0.527 bits per heavy atom. The standard InChI is InChI=1S/C68H124O6/c1-4-7-10-13-16-19-22-25-27-29-30-31-32-33-34-35-36-37-39-40-43-46-49-52-55-58-61-67(70)73-64-65(63-72-66(69)60-57-54-51-48-45-42-24-21-18-15-12-9-6-3)74-68(71)62-59-56-53-50-47-44-41-38-28-26-23-20-17-14-11-8-5-2/h9,12,18,21,26,28,42,45,65H,4-8,10-11,13-17,19-20,22-25,27,29-41,43-44,46-64H2,1-3H3/b12-9-,21-18-,28-26-,45-42-. The summed E-state index contributed by atoms with van der Waals surface area (Å²) in [6.07, 6.45) is 78.5. The Balaban J connectivity index is 4.23. The molecule has 0 heterocycles. The fraction of sp³-hybridized carbons (Fsp3) is 0.838. The van der Waals surface area contributed by atoms with Crippen molar-refractivity contribution in [3.05, 3.63) is 48.6 Å². The van der Waals surface area contributed by atoms with Gasteiger partial charge in [-0.1, -0.05) is 301 Å². The van der Waals surface area contributed by atoms with Crippen LogP contribution in [-0.4, -0.2) is 37.2 Å². The topological polar surface area (TPSA) is 78.9 Å². The predicted molar refractivity (Wildman–Crippen MR) is 321 cm³/mol. The van der Waals surface area contributed by atoms with Gasteiger partial charge in [0, 0.05) is 19.3 Å². The summed E-state index contributed by atoms with van der Waals surface area (Å²) in [5, 5.41) is 0. The lowest BCUT2D eigenvalue weighted by Crippen LogP contribution is -2.30. The fourth-order valence-electron chi connectivity index (χ4n) is 9.69. The first kappa shape index (κ1) is 71.4. The highest BCUT2D eigenvalue weighted by molar-refractivity contribution is 5.71. The first-order valence-electron chi connectivity index (χ1n) is 32.6. The highest BCUT2D eigenvalue weighted by Gasteiger charge is 2.19. The average molecular weight is 1040 g/mol. The second-order valence-corrected chi connectivity index (χ2v) is 22.0. The Hall–Kier alpha value is -2.63. The molecule has 0 fully saturated rings. The molecule has 1 unspecified atom stereocenters. The quantitative estimate of drug-likeness (QED) is 0.0261. The molecule has 0 aliphatic rings. The predicted octanol–water partition coefficient (Wildman–Crippen LogP) is 22.2. The van der Waals surface area contributed by atoms with Crippen LogP contribution in [0.25, 0.3) is 0 Å². The van der Waals surface area contributed by atoms with E-state index in [1.807, 2.05) is 0 Å². The summed E-state index contributed by atoms with van der Waals surface area (Å²) in [4.78, 5) is 38.3. The Labute approximate surface area is 460 Å². The molecule has 6 heteroatoms. The third-order valence-corrected chi connectivity index (χ3v) is 14.6. The molecule has 0 bridgehead atoms. The van der Waals surface area contributed by atoms with Gasteiger partial charge in [0.1, 0.15) is 13.2 Å². The second-order valence-electron chi connectivity index (χ2n) is 22.0. The van der Waals surface area contributed by atoms with Crippen molar-refractivity contribution < 1.29 is 28.6 Å². The number of esters is 3. The lowest BCUT2D eigenvalue weighted by Gasteiger charge is -2.18. The van der Waals surface area contributed by atoms with Gasteiger partial charge in [-0.05, 0) is 77.0 Å². The average Bonchev–Trinajstić information content (AvgIpc) is 3.40. The molecule has 0 saturated heterocycles. The lowest BCUT2D eigenvalue weighted by atomic mass is 10.0. The zero-order valence-corrected chi connectivity index (χ0v) is 49.6. The van der Waals surface area contributed by atoms with Crippen LogP contribution in [0.3, 0.4) is 0 Å². The zero-order valence-electron chi connectivity index (χ0n) is 49.6. The van der Waals surface area contributed by atoms with E-state index in [1.54, 1.807) is 0 Å². The first-order chi connectivity index (χ1) is 36.5. The molecule has 0 saturated carbocycles. The van der Waals surface area contributed by atoms with Gasteiger partial charge in [-0.25, -0.2) is 0 Å². The molecule has 0 aromatic heterocycles. The van der Waals surface area contributed by atoms with E-state index >= 15 is 0 Å². The third kappa shape index (κ3) is 60.2. The highest BCUT2D eigenvalue weighted by atomic mass is 16.6. The summed E-state index contributed by atoms with van der Waals surface area (Å²) in [6.45, 7) is 6.55. The molecule has 0 aromatic carbocycles. The van der Waals surface area contributed by atoms with Gasteiger partial charge in [-0.3, -0.25) is 14.4 Å². The second kappa shape index (κ2) is 62.9. The van der Waals surface area contributed by atoms with Crippen molar-refractivity contribution in [3.8, 4) is 0 Å². The number of carbonyl (C=O) groups is 3. The van der Waals surface area contributed by atoms with Gasteiger partial charge in [-0.2, -0.15) is 0 Å². The molecule has 0 aliphatic carbocycles. The van der Waals surface area contributed by atoms with Crippen LogP contribution >= 0.6 is 0 Å². The normalized spacial score (nSPS) is 12.3. The minimum absolute atomic E-state index is 0.0808. The van der Waals surface area contributed by atoms with E-state index in [-0.39, 0.29) is 31.1 Å². The summed E-state index contributed by atoms with van der Waals surface area (Å²) in [6, 6.07) is 0. The molecule has 0 rings (SSSR count). The van der Waals surface area contributed by atoms with E-state index in [1.165, 1.54) is 225 Å². The van der Waals surface area contributed by atoms with Crippen LogP contribution in [0, 0.1) is 0 Å². The molecule has 6 nitrogen and oxygen atoms in total. The monoisotopic (exact) mass is 1040 g/mol. The summed E-state index contributed by atoms with van der Waals surface area (Å²) in [5.41, 5.74) is 0. The Morgan fingerprint density at radius 1 is 0.284 bits per heavy atom. The summed E-state index contributed by atoms with van der Waals surface area (Å²) >= 11 is 0. The van der Waals surface area contributed by atoms with Gasteiger partial charge in [0.15, 0.2) is 6.10 Å². The number of hydrogen-bond acceptors (Lipinski definition) is 6. The zero-order chi connectivity index (χ0) is 53.6. The molecule has 0 radical (unpaired) electrons. The molecule has 0 spiro atoms. The van der Waals surface area contributed by atoms with Gasteiger partial charge < -0.3 is 14.2 Å². The van der Waals surface area contributed by atoms with Crippen LogP contribution in [0.1, 0.15) is 348 Å². The van der Waals surface area contributed by atoms with Crippen LogP contribution in [0.15, 0.2) is 48.6 Å². The van der Waals surface area contributed by atoms with Crippen molar-refractivity contribution in [2.45, 2.75) is 354 Å². The molecule has 74 heavy (non-hydrogen) atoms. The third-order valence-electron chi connectivity index (χ3n) is 14.6. The number of hydrogen-bond donors (Lipinski definition) is 0. The minimum Gasteiger partial charge on any atom is -0.462 e. The molecule has 0 aromatic rings. The largest absolute Gasteiger partial charge is 0.462 e. The SMILES string of the molecule is CC/C=C\C/C=C\C/C=C\CCCCCC(=O)OCC(COC(=O)CCCCCCCCCCCCCCCCCCCCCCCCCCCC)OC(=O)CCCCCCCCC/C=C\CCCCCCCC. The van der Waals surface area contributed by atoms with Crippen LogP contribution in [0.5, 0.6) is 0 Å². The molecule has 1 atom stereocenters. The summed E-state index contributed by atoms with van der Waals surface area (Å²) in [5.74, 6) is -0.896. The van der Waals surface area contributed by atoms with E-state index in [0.29, 0.717) is 19.3 Å². The Morgan fingerprint density at radius 3 is 0.851 bits per heavy atom. The van der Waals surface area contributed by atoms with Gasteiger partial charge >= 0.3 is 17.9 Å². The fourth-order valence-corrected chi connectivity index (χ4v) is 9.69. The summed E-state index contributed by atoms with van der Waals surface area (Å²) in [7, 11) is 0. The van der Waals surface area contributed by atoms with E-state index in [0.717, 1.165) is 83.5 Å². The smallest absolute Gasteiger partial charge is 0.306 e. The maximum atomic E-state index is 12.9. The molecule has 0 aliphatic heterocycles. The van der Waals surface area contributed by atoms with Crippen molar-refractivity contribution in [1.29, 1.82) is 0 Å². The molecule has 0 amide bonds. The molecular weight excluding hydrogens is 913 g/mol. The van der Waals surface area contributed by atoms with Crippen LogP contribution in [-0.2, 0) is 28.6 Å². The maximum Gasteiger partial charge on any atom is 0.306 e. The maximum absolute atomic E-state index is 12.9. The minimum atomic E-state index is -0.786. The van der Waals surface area contributed by atoms with Crippen molar-refractivity contribution >= 4 is 17.9 Å². The van der Waals surface area contributed by atoms with Gasteiger partial charge in [0.25, 0.3) is 0 Å². The first-order valence-corrected chi connectivity index (χ1v) is 32.6. The van der Waals surface area contributed by atoms with Crippen molar-refractivity contribution in [1.82, 2.24) is 0 Å². The highest BCUT2D eigenvalue weighted by Crippen LogP contribution is 2.18. The molecule has 0 N–H and O–H groups in total. The number of ether oxygens (including phenoxy) is 3. The van der Waals surface area contributed by atoms with E-state index in [4.69, 9.17) is 14.2 Å². The van der Waals surface area contributed by atoms with Gasteiger partial charge in [-0.15, -0.1) is 0 Å². The van der Waals surface area contributed by atoms with Crippen molar-refractivity contribution in [2.24, 2.45) is 0 Å². The van der Waals surface area contributed by atoms with E-state index in [9.17, 15) is 14.4 Å². The number of carbonyl (C=O) groups excluding carboxylic acids is 3. The Bertz CT molecular complexity index is 1280. The van der Waals surface area contributed by atoms with Crippen LogP contribution < -0.4 is 0 Å². The number of unbranched alkanes of at least 4 members (excludes halogenated alkanes) is 41. The number of rotatable bonds is 60. The molecule has 432 valence electrons. The van der Waals surface area contributed by atoms with Crippen LogP contribution in [0.4, 0.5) is 0 Å². The Kier molecular flexibility index (Phi) is 60.7. The van der Waals surface area contributed by atoms with E-state index in [2.05, 4.69) is 69.4 Å². The lowest BCUT2D eigenvalue weighted by molar-refractivity contribution is -0.167. The van der Waals surface area contributed by atoms with Gasteiger partial charge in [0.05, 0.1) is 0 Å². The van der Waals surface area contributed by atoms with Crippen molar-refractivity contribution in [2.75, 3.05) is 13.2 Å². The van der Waals surface area contributed by atoms with Gasteiger partial charge in [0.2, 0.25) is 0 Å². The number of allylic oxidation sites excluding steroid dienone is 8. The molecular formula is C68H124O6. The van der Waals surface area contributed by atoms with E-state index < -0.39 is 6.10 Å². The van der Waals surface area contributed by atoms with Crippen LogP contribution in [0.2, 0.25) is 0 Å².